The lowest BCUT2D eigenvalue weighted by Gasteiger charge is -2.50. The molecular weight excluding hydrogens is 256 g/mol. The van der Waals surface area contributed by atoms with Crippen molar-refractivity contribution in [2.75, 3.05) is 6.54 Å². The van der Waals surface area contributed by atoms with Crippen molar-refractivity contribution in [2.45, 2.75) is 58.9 Å². The largest absolute Gasteiger partial charge is 0.548 e. The summed E-state index contributed by atoms with van der Waals surface area (Å²) in [5, 5.41) is 17.3. The number of hydrogen-bond donors (Lipinski definition) is 2. The van der Waals surface area contributed by atoms with Gasteiger partial charge in [0.1, 0.15) is 0 Å². The first-order valence-electron chi connectivity index (χ1n) is 7.55. The summed E-state index contributed by atoms with van der Waals surface area (Å²) in [6.07, 6.45) is 3.25. The third kappa shape index (κ3) is 1.61. The highest BCUT2D eigenvalue weighted by atomic mass is 16.4. The Labute approximate surface area is 120 Å². The Morgan fingerprint density at radius 2 is 1.95 bits per heavy atom. The van der Waals surface area contributed by atoms with E-state index in [9.17, 15) is 14.7 Å². The number of carbonyl (C=O) groups excluding carboxylic acids is 2. The standard InChI is InChI=1S/C15H26N2O3/c1-5-13(3)10-7-8-14(13,4)15(9-10,11(18)19)17-12(20)16-6-2/h10H,5-9H2,1-4H3,(H,18,19)(H2,16,17,20)/p-1/t10-,13+,14-,15+/m0/s1. The Kier molecular flexibility index (Phi) is 3.51. The number of nitrogens with one attached hydrogen (secondary N) is 2. The Morgan fingerprint density at radius 3 is 2.40 bits per heavy atom. The molecule has 0 radical (unpaired) electrons. The van der Waals surface area contributed by atoms with E-state index in [1.54, 1.807) is 0 Å². The van der Waals surface area contributed by atoms with Gasteiger partial charge in [0.15, 0.2) is 0 Å². The van der Waals surface area contributed by atoms with Crippen molar-refractivity contribution in [1.82, 2.24) is 10.6 Å². The molecule has 2 fully saturated rings. The van der Waals surface area contributed by atoms with E-state index in [1.807, 2.05) is 13.8 Å². The van der Waals surface area contributed by atoms with Gasteiger partial charge in [-0.2, -0.15) is 0 Å². The quantitative estimate of drug-likeness (QED) is 0.807. The van der Waals surface area contributed by atoms with Crippen molar-refractivity contribution in [2.24, 2.45) is 16.7 Å². The summed E-state index contributed by atoms with van der Waals surface area (Å²) in [7, 11) is 0. The normalized spacial score (nSPS) is 42.5. The second kappa shape index (κ2) is 4.64. The van der Waals surface area contributed by atoms with E-state index in [-0.39, 0.29) is 5.41 Å². The number of carbonyl (C=O) groups is 2. The van der Waals surface area contributed by atoms with Crippen LogP contribution in [-0.4, -0.2) is 24.1 Å². The number of rotatable bonds is 4. The molecule has 0 aromatic heterocycles. The number of urea groups is 1. The molecule has 2 N–H and O–H groups in total. The molecule has 20 heavy (non-hydrogen) atoms. The molecule has 0 heterocycles. The zero-order valence-corrected chi connectivity index (χ0v) is 12.8. The molecule has 0 aromatic carbocycles. The van der Waals surface area contributed by atoms with Crippen LogP contribution in [0.2, 0.25) is 0 Å². The predicted molar refractivity (Wildman–Crippen MR) is 73.8 cm³/mol. The van der Waals surface area contributed by atoms with Gasteiger partial charge in [-0.1, -0.05) is 20.8 Å². The SMILES string of the molecule is CCNC(=O)N[C@@]1(C(=O)[O-])C[C@@H]2CC[C@@]1(C)[C@]2(C)CC. The van der Waals surface area contributed by atoms with E-state index >= 15 is 0 Å². The summed E-state index contributed by atoms with van der Waals surface area (Å²) in [5.74, 6) is -0.814. The Hall–Kier alpha value is -1.26. The van der Waals surface area contributed by atoms with Crippen molar-refractivity contribution in [3.05, 3.63) is 0 Å². The summed E-state index contributed by atoms with van der Waals surface area (Å²) in [4.78, 5) is 23.8. The van der Waals surface area contributed by atoms with Gasteiger partial charge >= 0.3 is 6.03 Å². The first kappa shape index (κ1) is 15.1. The molecule has 0 aliphatic heterocycles. The highest BCUT2D eigenvalue weighted by molar-refractivity contribution is 5.87. The Balaban J connectivity index is 2.41. The zero-order valence-electron chi connectivity index (χ0n) is 12.8. The molecule has 2 amide bonds. The predicted octanol–water partition coefficient (Wildman–Crippen LogP) is 1.03. The van der Waals surface area contributed by atoms with Crippen LogP contribution in [0.5, 0.6) is 0 Å². The average Bonchev–Trinajstić information content (AvgIpc) is 2.73. The van der Waals surface area contributed by atoms with E-state index in [4.69, 9.17) is 0 Å². The smallest absolute Gasteiger partial charge is 0.315 e. The van der Waals surface area contributed by atoms with Gasteiger partial charge < -0.3 is 20.5 Å². The summed E-state index contributed by atoms with van der Waals surface area (Å²) in [5.41, 5.74) is -1.77. The van der Waals surface area contributed by atoms with Crippen LogP contribution >= 0.6 is 0 Å². The second-order valence-corrected chi connectivity index (χ2v) is 6.72. The molecule has 2 aliphatic rings. The number of carboxylic acids is 1. The molecule has 114 valence electrons. The Morgan fingerprint density at radius 1 is 1.30 bits per heavy atom. The van der Waals surface area contributed by atoms with Gasteiger partial charge in [-0.05, 0) is 43.9 Å². The van der Waals surface area contributed by atoms with Crippen molar-refractivity contribution >= 4 is 12.0 Å². The number of amides is 2. The van der Waals surface area contributed by atoms with Crippen molar-refractivity contribution < 1.29 is 14.7 Å². The van der Waals surface area contributed by atoms with Crippen LogP contribution in [0.1, 0.15) is 53.4 Å². The van der Waals surface area contributed by atoms with Crippen LogP contribution in [0, 0.1) is 16.7 Å². The molecule has 4 atom stereocenters. The molecule has 5 heteroatoms. The van der Waals surface area contributed by atoms with Crippen LogP contribution in [0.4, 0.5) is 4.79 Å². The number of carboxylic acid groups (broad SMARTS) is 1. The number of aliphatic carboxylic acids is 1. The molecule has 0 spiro atoms. The van der Waals surface area contributed by atoms with E-state index in [0.29, 0.717) is 18.9 Å². The molecule has 0 saturated heterocycles. The fourth-order valence-corrected chi connectivity index (χ4v) is 4.77. The topological polar surface area (TPSA) is 81.3 Å². The maximum atomic E-state index is 11.9. The van der Waals surface area contributed by atoms with Crippen LogP contribution in [0.25, 0.3) is 0 Å². The molecule has 2 rings (SSSR count). The Bertz CT molecular complexity index is 439. The van der Waals surface area contributed by atoms with Crippen LogP contribution < -0.4 is 15.7 Å². The zero-order chi connectivity index (χ0) is 15.2. The first-order valence-corrected chi connectivity index (χ1v) is 7.55. The molecule has 2 bridgehead atoms. The number of hydrogen-bond acceptors (Lipinski definition) is 3. The average molecular weight is 281 g/mol. The molecule has 0 aromatic rings. The maximum absolute atomic E-state index is 11.9. The monoisotopic (exact) mass is 281 g/mol. The maximum Gasteiger partial charge on any atom is 0.315 e. The summed E-state index contributed by atoms with van der Waals surface area (Å²) >= 11 is 0. The van der Waals surface area contributed by atoms with Crippen LogP contribution in [0.3, 0.4) is 0 Å². The minimum Gasteiger partial charge on any atom is -0.548 e. The van der Waals surface area contributed by atoms with Crippen molar-refractivity contribution in [3.8, 4) is 0 Å². The highest BCUT2D eigenvalue weighted by Crippen LogP contribution is 2.70. The molecule has 0 unspecified atom stereocenters. The van der Waals surface area contributed by atoms with Crippen LogP contribution in [0.15, 0.2) is 0 Å². The summed E-state index contributed by atoms with van der Waals surface area (Å²) in [6.45, 7) is 8.55. The highest BCUT2D eigenvalue weighted by Gasteiger charge is 2.70. The molecule has 2 saturated carbocycles. The van der Waals surface area contributed by atoms with Crippen molar-refractivity contribution in [1.29, 1.82) is 0 Å². The third-order valence-electron chi connectivity index (χ3n) is 6.40. The van der Waals surface area contributed by atoms with Gasteiger partial charge in [0, 0.05) is 12.0 Å². The first-order chi connectivity index (χ1) is 9.27. The van der Waals surface area contributed by atoms with Gasteiger partial charge in [0.2, 0.25) is 0 Å². The fraction of sp³-hybridized carbons (Fsp3) is 0.867. The van der Waals surface area contributed by atoms with Gasteiger partial charge in [-0.25, -0.2) is 4.79 Å². The lowest BCUT2D eigenvalue weighted by molar-refractivity contribution is -0.319. The summed E-state index contributed by atoms with van der Waals surface area (Å²) in [6, 6.07) is -0.413. The molecular formula is C15H25N2O3-. The minimum atomic E-state index is -1.25. The van der Waals surface area contributed by atoms with E-state index < -0.39 is 23.0 Å². The fourth-order valence-electron chi connectivity index (χ4n) is 4.77. The van der Waals surface area contributed by atoms with E-state index in [2.05, 4.69) is 24.5 Å². The third-order valence-corrected chi connectivity index (χ3v) is 6.40. The minimum absolute atomic E-state index is 0.0629. The molecule has 5 nitrogen and oxygen atoms in total. The van der Waals surface area contributed by atoms with E-state index in [1.165, 1.54) is 0 Å². The van der Waals surface area contributed by atoms with Gasteiger partial charge in [0.25, 0.3) is 0 Å². The van der Waals surface area contributed by atoms with E-state index in [0.717, 1.165) is 19.3 Å². The van der Waals surface area contributed by atoms with Crippen molar-refractivity contribution in [3.63, 3.8) is 0 Å². The molecule has 2 aliphatic carbocycles. The van der Waals surface area contributed by atoms with Crippen LogP contribution in [-0.2, 0) is 4.79 Å². The lowest BCUT2D eigenvalue weighted by Crippen LogP contribution is -2.69. The van der Waals surface area contributed by atoms with Gasteiger partial charge in [0.05, 0.1) is 11.5 Å². The summed E-state index contributed by atoms with van der Waals surface area (Å²) < 4.78 is 0. The second-order valence-electron chi connectivity index (χ2n) is 6.72. The van der Waals surface area contributed by atoms with Gasteiger partial charge in [-0.15, -0.1) is 0 Å². The number of fused-ring (bicyclic) bond motifs is 2. The lowest BCUT2D eigenvalue weighted by atomic mass is 9.61. The van der Waals surface area contributed by atoms with Gasteiger partial charge in [-0.3, -0.25) is 0 Å².